The second kappa shape index (κ2) is 3.02. The summed E-state index contributed by atoms with van der Waals surface area (Å²) in [6, 6.07) is 0. The van der Waals surface area contributed by atoms with Crippen LogP contribution in [0.15, 0.2) is 12.2 Å². The number of hydrogen-bond acceptors (Lipinski definition) is 4. The van der Waals surface area contributed by atoms with Gasteiger partial charge in [0.05, 0.1) is 23.7 Å². The zero-order valence-corrected chi connectivity index (χ0v) is 10.4. The van der Waals surface area contributed by atoms with Crippen molar-refractivity contribution in [2.75, 3.05) is 0 Å². The zero-order valence-electron chi connectivity index (χ0n) is 10.4. The summed E-state index contributed by atoms with van der Waals surface area (Å²) in [6.45, 7) is 0. The van der Waals surface area contributed by atoms with Crippen molar-refractivity contribution in [1.29, 1.82) is 0 Å². The highest BCUT2D eigenvalue weighted by Gasteiger charge is 2.72. The van der Waals surface area contributed by atoms with Crippen LogP contribution in [0.3, 0.4) is 0 Å². The van der Waals surface area contributed by atoms with E-state index in [1.165, 1.54) is 0 Å². The van der Waals surface area contributed by atoms with Crippen LogP contribution in [-0.2, 0) is 19.2 Å². The minimum Gasteiger partial charge on any atom is -0.296 e. The van der Waals surface area contributed by atoms with Crippen molar-refractivity contribution >= 4 is 23.6 Å². The van der Waals surface area contributed by atoms with E-state index in [1.54, 1.807) is 0 Å². The smallest absolute Gasteiger partial charge is 0.231 e. The maximum atomic E-state index is 12.0. The van der Waals surface area contributed by atoms with Crippen molar-refractivity contribution in [1.82, 2.24) is 10.6 Å². The van der Waals surface area contributed by atoms with E-state index in [9.17, 15) is 19.2 Å². The second-order valence-corrected chi connectivity index (χ2v) is 6.50. The normalized spacial score (nSPS) is 54.0. The highest BCUT2D eigenvalue weighted by molar-refractivity contribution is 6.09. The van der Waals surface area contributed by atoms with Crippen molar-refractivity contribution in [3.63, 3.8) is 0 Å². The highest BCUT2D eigenvalue weighted by atomic mass is 16.2. The fourth-order valence-electron chi connectivity index (χ4n) is 5.44. The van der Waals surface area contributed by atoms with E-state index in [0.717, 1.165) is 0 Å². The van der Waals surface area contributed by atoms with Gasteiger partial charge in [-0.1, -0.05) is 12.2 Å². The first-order valence-electron chi connectivity index (χ1n) is 6.97. The third-order valence-corrected chi connectivity index (χ3v) is 6.03. The van der Waals surface area contributed by atoms with Gasteiger partial charge in [-0.25, -0.2) is 0 Å². The average Bonchev–Trinajstić information content (AvgIpc) is 2.78. The molecule has 2 saturated heterocycles. The lowest BCUT2D eigenvalue weighted by molar-refractivity contribution is -0.166. The Hall–Kier alpha value is -1.98. The number of hydrogen-bond donors (Lipinski definition) is 2. The molecule has 4 fully saturated rings. The molecular weight excluding hydrogens is 260 g/mol. The Morgan fingerprint density at radius 1 is 0.600 bits per heavy atom. The minimum absolute atomic E-state index is 0.0411. The van der Waals surface area contributed by atoms with Crippen LogP contribution in [0.4, 0.5) is 0 Å². The van der Waals surface area contributed by atoms with E-state index in [1.807, 2.05) is 12.2 Å². The van der Waals surface area contributed by atoms with E-state index in [2.05, 4.69) is 10.6 Å². The summed E-state index contributed by atoms with van der Waals surface area (Å²) in [5.41, 5.74) is 0. The molecule has 2 bridgehead atoms. The molecule has 20 heavy (non-hydrogen) atoms. The van der Waals surface area contributed by atoms with Gasteiger partial charge in [-0.3, -0.25) is 29.8 Å². The van der Waals surface area contributed by atoms with Gasteiger partial charge >= 0.3 is 0 Å². The van der Waals surface area contributed by atoms with Crippen LogP contribution in [-0.4, -0.2) is 23.6 Å². The molecule has 8 atom stereocenters. The second-order valence-electron chi connectivity index (χ2n) is 6.50. The van der Waals surface area contributed by atoms with Crippen molar-refractivity contribution < 1.29 is 19.2 Å². The average molecular weight is 272 g/mol. The summed E-state index contributed by atoms with van der Waals surface area (Å²) in [4.78, 5) is 47.8. The third-order valence-electron chi connectivity index (χ3n) is 6.03. The third kappa shape index (κ3) is 0.910. The van der Waals surface area contributed by atoms with Crippen LogP contribution in [0.2, 0.25) is 0 Å². The molecule has 4 amide bonds. The summed E-state index contributed by atoms with van der Waals surface area (Å²) < 4.78 is 0. The summed E-state index contributed by atoms with van der Waals surface area (Å²) in [5, 5.41) is 4.81. The summed E-state index contributed by atoms with van der Waals surface area (Å²) in [6.07, 6.45) is 3.97. The SMILES string of the molecule is O=C1NC(=O)C2C1[C@@H]1[C@H]3C=C[C@H]([C@@H]4C(=O)NC(=O)[C@H]34)[C@H]21. The Morgan fingerprint density at radius 2 is 0.950 bits per heavy atom. The molecule has 6 aliphatic rings. The number of imide groups is 2. The van der Waals surface area contributed by atoms with E-state index in [-0.39, 0.29) is 71.0 Å². The van der Waals surface area contributed by atoms with Crippen molar-refractivity contribution in [3.8, 4) is 0 Å². The Balaban J connectivity index is 1.63. The fourth-order valence-corrected chi connectivity index (χ4v) is 5.44. The first kappa shape index (κ1) is 10.8. The molecule has 102 valence electrons. The minimum atomic E-state index is -0.344. The maximum absolute atomic E-state index is 12.0. The Kier molecular flexibility index (Phi) is 1.63. The Morgan fingerprint density at radius 3 is 1.35 bits per heavy atom. The standard InChI is InChI=1S/C14H12N2O4/c17-11-7-3-1-2-4(8(7)12(18)15-11)6-5(3)9-10(6)14(20)16-13(9)19/h1-10H,(H,15,17,18)(H,16,19,20)/t3-,4+,5-,6+,7-,8+,9?,10?. The van der Waals surface area contributed by atoms with Gasteiger partial charge < -0.3 is 0 Å². The van der Waals surface area contributed by atoms with E-state index >= 15 is 0 Å². The molecule has 0 radical (unpaired) electrons. The fraction of sp³-hybridized carbons (Fsp3) is 0.571. The van der Waals surface area contributed by atoms with Crippen LogP contribution in [0.1, 0.15) is 0 Å². The van der Waals surface area contributed by atoms with Gasteiger partial charge in [-0.2, -0.15) is 0 Å². The van der Waals surface area contributed by atoms with E-state index < -0.39 is 0 Å². The van der Waals surface area contributed by atoms with Crippen LogP contribution in [0.25, 0.3) is 0 Å². The zero-order chi connectivity index (χ0) is 13.8. The van der Waals surface area contributed by atoms with Crippen LogP contribution < -0.4 is 10.6 Å². The predicted octanol–water partition coefficient (Wildman–Crippen LogP) is -1.17. The molecule has 0 aromatic heterocycles. The quantitative estimate of drug-likeness (QED) is 0.429. The first-order chi connectivity index (χ1) is 9.59. The lowest BCUT2D eigenvalue weighted by Crippen LogP contribution is -2.63. The molecular formula is C14H12N2O4. The summed E-state index contributed by atoms with van der Waals surface area (Å²) in [7, 11) is 0. The molecule has 6 nitrogen and oxygen atoms in total. The van der Waals surface area contributed by atoms with Gasteiger partial charge in [0.25, 0.3) is 0 Å². The number of amides is 4. The molecule has 6 heteroatoms. The van der Waals surface area contributed by atoms with Gasteiger partial charge in [0.2, 0.25) is 23.6 Å². The molecule has 0 spiro atoms. The van der Waals surface area contributed by atoms with Gasteiger partial charge in [-0.15, -0.1) is 0 Å². The number of carbonyl (C=O) groups is 4. The highest BCUT2D eigenvalue weighted by Crippen LogP contribution is 2.66. The molecule has 4 aliphatic carbocycles. The molecule has 2 heterocycles. The molecule has 2 N–H and O–H groups in total. The van der Waals surface area contributed by atoms with Gasteiger partial charge in [0.15, 0.2) is 0 Å². The topological polar surface area (TPSA) is 92.3 Å². The monoisotopic (exact) mass is 272 g/mol. The van der Waals surface area contributed by atoms with E-state index in [0.29, 0.717) is 0 Å². The molecule has 2 saturated carbocycles. The van der Waals surface area contributed by atoms with Gasteiger partial charge in [0.1, 0.15) is 0 Å². The number of rotatable bonds is 0. The van der Waals surface area contributed by atoms with Crippen LogP contribution in [0, 0.1) is 47.3 Å². The maximum Gasteiger partial charge on any atom is 0.231 e. The number of allylic oxidation sites excluding steroid dienone is 2. The van der Waals surface area contributed by atoms with Crippen molar-refractivity contribution in [2.24, 2.45) is 47.3 Å². The first-order valence-corrected chi connectivity index (χ1v) is 6.97. The largest absolute Gasteiger partial charge is 0.296 e. The lowest BCUT2D eigenvalue weighted by atomic mass is 9.40. The molecule has 2 unspecified atom stereocenters. The van der Waals surface area contributed by atoms with Crippen LogP contribution in [0.5, 0.6) is 0 Å². The number of nitrogens with one attached hydrogen (secondary N) is 2. The van der Waals surface area contributed by atoms with Gasteiger partial charge in [0, 0.05) is 0 Å². The Bertz CT molecular complexity index is 587. The van der Waals surface area contributed by atoms with Crippen molar-refractivity contribution in [3.05, 3.63) is 12.2 Å². The van der Waals surface area contributed by atoms with Gasteiger partial charge in [-0.05, 0) is 23.7 Å². The molecule has 6 rings (SSSR count). The van der Waals surface area contributed by atoms with E-state index in [4.69, 9.17) is 0 Å². The molecule has 0 aromatic carbocycles. The summed E-state index contributed by atoms with van der Waals surface area (Å²) in [5.74, 6) is -2.21. The lowest BCUT2D eigenvalue weighted by Gasteiger charge is -2.60. The number of fused-ring (bicyclic) bond motifs is 1. The predicted molar refractivity (Wildman–Crippen MR) is 63.4 cm³/mol. The van der Waals surface area contributed by atoms with Crippen molar-refractivity contribution in [2.45, 2.75) is 0 Å². The molecule has 2 aliphatic heterocycles. The Labute approximate surface area is 114 Å². The number of carbonyl (C=O) groups excluding carboxylic acids is 4. The molecule has 0 aromatic rings. The van der Waals surface area contributed by atoms with Crippen LogP contribution >= 0.6 is 0 Å². The summed E-state index contributed by atoms with van der Waals surface area (Å²) >= 11 is 0.